The van der Waals surface area contributed by atoms with Crippen molar-refractivity contribution >= 4 is 44.9 Å². The van der Waals surface area contributed by atoms with E-state index in [-0.39, 0.29) is 17.7 Å². The normalized spacial score (nSPS) is 15.0. The van der Waals surface area contributed by atoms with Crippen molar-refractivity contribution in [3.63, 3.8) is 0 Å². The van der Waals surface area contributed by atoms with Crippen LogP contribution in [0.25, 0.3) is 6.08 Å². The first-order chi connectivity index (χ1) is 15.0. The van der Waals surface area contributed by atoms with Gasteiger partial charge in [-0.05, 0) is 65.7 Å². The third-order valence-electron chi connectivity index (χ3n) is 4.81. The summed E-state index contributed by atoms with van der Waals surface area (Å²) in [5.41, 5.74) is 3.94. The molecule has 156 valence electrons. The topological polar surface area (TPSA) is 46.6 Å². The number of halogens is 1. The van der Waals surface area contributed by atoms with Crippen LogP contribution in [0.3, 0.4) is 0 Å². The van der Waals surface area contributed by atoms with Crippen molar-refractivity contribution in [2.75, 3.05) is 0 Å². The van der Waals surface area contributed by atoms with Gasteiger partial charge < -0.3 is 4.74 Å². The summed E-state index contributed by atoms with van der Waals surface area (Å²) in [7, 11) is 0. The first-order valence-corrected chi connectivity index (χ1v) is 11.4. The number of hydrogen-bond acceptors (Lipinski definition) is 4. The third-order valence-corrected chi connectivity index (χ3v) is 6.25. The van der Waals surface area contributed by atoms with Crippen molar-refractivity contribution in [1.82, 2.24) is 4.90 Å². The summed E-state index contributed by atoms with van der Waals surface area (Å²) in [4.78, 5) is 26.9. The second-order valence-electron chi connectivity index (χ2n) is 7.24. The molecule has 0 bridgehead atoms. The van der Waals surface area contributed by atoms with Crippen molar-refractivity contribution < 1.29 is 14.3 Å². The Morgan fingerprint density at radius 1 is 0.968 bits per heavy atom. The molecule has 0 radical (unpaired) electrons. The Kier molecular flexibility index (Phi) is 6.59. The fourth-order valence-electron chi connectivity index (χ4n) is 3.11. The lowest BCUT2D eigenvalue weighted by molar-refractivity contribution is -0.123. The van der Waals surface area contributed by atoms with Gasteiger partial charge in [0.15, 0.2) is 0 Å². The number of benzene rings is 3. The maximum Gasteiger partial charge on any atom is 0.293 e. The molecule has 1 fully saturated rings. The molecule has 1 aliphatic rings. The summed E-state index contributed by atoms with van der Waals surface area (Å²) >= 11 is 4.39. The number of hydrogen-bond donors (Lipinski definition) is 0. The lowest BCUT2D eigenvalue weighted by atomic mass is 10.1. The van der Waals surface area contributed by atoms with Gasteiger partial charge in [-0.15, -0.1) is 0 Å². The largest absolute Gasteiger partial charge is 0.489 e. The van der Waals surface area contributed by atoms with Gasteiger partial charge >= 0.3 is 0 Å². The van der Waals surface area contributed by atoms with Crippen LogP contribution >= 0.6 is 27.7 Å². The highest BCUT2D eigenvalue weighted by molar-refractivity contribution is 9.10. The van der Waals surface area contributed by atoms with E-state index in [0.717, 1.165) is 38.5 Å². The number of carbonyl (C=O) groups is 2. The van der Waals surface area contributed by atoms with Crippen molar-refractivity contribution in [3.8, 4) is 5.75 Å². The molecule has 1 saturated heterocycles. The van der Waals surface area contributed by atoms with E-state index in [2.05, 4.69) is 15.9 Å². The van der Waals surface area contributed by atoms with Gasteiger partial charge in [0.1, 0.15) is 12.4 Å². The lowest BCUT2D eigenvalue weighted by Crippen LogP contribution is -2.27. The van der Waals surface area contributed by atoms with Crippen LogP contribution in [0, 0.1) is 6.92 Å². The molecule has 0 unspecified atom stereocenters. The number of amides is 2. The van der Waals surface area contributed by atoms with E-state index < -0.39 is 0 Å². The molecule has 0 atom stereocenters. The van der Waals surface area contributed by atoms with E-state index >= 15 is 0 Å². The molecule has 1 heterocycles. The van der Waals surface area contributed by atoms with Crippen LogP contribution in [0.15, 0.2) is 82.2 Å². The Bertz CT molecular complexity index is 1140. The number of imide groups is 1. The van der Waals surface area contributed by atoms with Crippen LogP contribution in [0.4, 0.5) is 4.79 Å². The van der Waals surface area contributed by atoms with Gasteiger partial charge in [-0.3, -0.25) is 14.5 Å². The average Bonchev–Trinajstić information content (AvgIpc) is 3.02. The number of aryl methyl sites for hydroxylation is 1. The zero-order chi connectivity index (χ0) is 21.8. The highest BCUT2D eigenvalue weighted by Gasteiger charge is 2.34. The minimum Gasteiger partial charge on any atom is -0.489 e. The Morgan fingerprint density at radius 3 is 2.42 bits per heavy atom. The number of rotatable bonds is 6. The molecule has 4 nitrogen and oxygen atoms in total. The molecule has 0 aliphatic carbocycles. The maximum atomic E-state index is 12.8. The Labute approximate surface area is 194 Å². The zero-order valence-corrected chi connectivity index (χ0v) is 19.3. The standard InChI is InChI=1S/C25H20BrNO3S/c1-17-5-7-18(8-6-17)15-27-24(28)23(31-25(27)29)14-20-3-2-4-22(13-20)30-16-19-9-11-21(26)12-10-19/h2-14H,15-16H2,1H3/b23-14-. The molecule has 0 spiro atoms. The summed E-state index contributed by atoms with van der Waals surface area (Å²) in [6.07, 6.45) is 1.74. The van der Waals surface area contributed by atoms with Gasteiger partial charge in [0.25, 0.3) is 11.1 Å². The van der Waals surface area contributed by atoms with Crippen LogP contribution in [0.2, 0.25) is 0 Å². The second kappa shape index (κ2) is 9.54. The first kappa shape index (κ1) is 21.4. The lowest BCUT2D eigenvalue weighted by Gasteiger charge is -2.12. The van der Waals surface area contributed by atoms with Crippen LogP contribution in [0.1, 0.15) is 22.3 Å². The number of nitrogens with zero attached hydrogens (tertiary/aromatic N) is 1. The van der Waals surface area contributed by atoms with Crippen LogP contribution in [-0.2, 0) is 17.9 Å². The van der Waals surface area contributed by atoms with Crippen molar-refractivity contribution in [2.45, 2.75) is 20.1 Å². The van der Waals surface area contributed by atoms with E-state index in [1.54, 1.807) is 6.08 Å². The monoisotopic (exact) mass is 493 g/mol. The maximum absolute atomic E-state index is 12.8. The SMILES string of the molecule is Cc1ccc(CN2C(=O)S/C(=C\c3cccc(OCc4ccc(Br)cc4)c3)C2=O)cc1. The molecule has 2 amide bonds. The van der Waals surface area contributed by atoms with Crippen molar-refractivity contribution in [3.05, 3.63) is 104 Å². The molecule has 0 N–H and O–H groups in total. The summed E-state index contributed by atoms with van der Waals surface area (Å²) in [5.74, 6) is 0.437. The molecule has 0 aromatic heterocycles. The quantitative estimate of drug-likeness (QED) is 0.364. The molecular weight excluding hydrogens is 474 g/mol. The van der Waals surface area contributed by atoms with Gasteiger partial charge in [-0.1, -0.05) is 70.0 Å². The van der Waals surface area contributed by atoms with Crippen LogP contribution in [0.5, 0.6) is 5.75 Å². The molecule has 31 heavy (non-hydrogen) atoms. The predicted octanol–water partition coefficient (Wildman–Crippen LogP) is 6.57. The fourth-order valence-corrected chi connectivity index (χ4v) is 4.21. The number of carbonyl (C=O) groups excluding carboxylic acids is 2. The Hall–Kier alpha value is -2.83. The average molecular weight is 494 g/mol. The highest BCUT2D eigenvalue weighted by atomic mass is 79.9. The number of ether oxygens (including phenoxy) is 1. The Balaban J connectivity index is 1.44. The molecule has 1 aliphatic heterocycles. The first-order valence-electron chi connectivity index (χ1n) is 9.76. The van der Waals surface area contributed by atoms with Gasteiger partial charge in [-0.25, -0.2) is 0 Å². The smallest absolute Gasteiger partial charge is 0.293 e. The second-order valence-corrected chi connectivity index (χ2v) is 9.15. The fraction of sp³-hybridized carbons (Fsp3) is 0.120. The van der Waals surface area contributed by atoms with Gasteiger partial charge in [0, 0.05) is 4.47 Å². The van der Waals surface area contributed by atoms with E-state index in [1.165, 1.54) is 4.90 Å². The molecule has 4 rings (SSSR count). The summed E-state index contributed by atoms with van der Waals surface area (Å²) in [5, 5.41) is -0.250. The number of thioether (sulfide) groups is 1. The molecule has 0 saturated carbocycles. The summed E-state index contributed by atoms with van der Waals surface area (Å²) < 4.78 is 6.90. The third kappa shape index (κ3) is 5.46. The predicted molar refractivity (Wildman–Crippen MR) is 128 cm³/mol. The molecule has 3 aromatic rings. The van der Waals surface area contributed by atoms with E-state index in [4.69, 9.17) is 4.74 Å². The van der Waals surface area contributed by atoms with Gasteiger partial charge in [-0.2, -0.15) is 0 Å². The van der Waals surface area contributed by atoms with Gasteiger partial charge in [0.2, 0.25) is 0 Å². The van der Waals surface area contributed by atoms with Crippen molar-refractivity contribution in [1.29, 1.82) is 0 Å². The Morgan fingerprint density at radius 2 is 1.68 bits per heavy atom. The van der Waals surface area contributed by atoms with Crippen molar-refractivity contribution in [2.24, 2.45) is 0 Å². The summed E-state index contributed by atoms with van der Waals surface area (Å²) in [6.45, 7) is 2.73. The van der Waals surface area contributed by atoms with E-state index in [1.807, 2.05) is 79.7 Å². The summed E-state index contributed by atoms with van der Waals surface area (Å²) in [6, 6.07) is 23.3. The molecule has 3 aromatic carbocycles. The molecular formula is C25H20BrNO3S. The van der Waals surface area contributed by atoms with Crippen LogP contribution in [-0.4, -0.2) is 16.0 Å². The zero-order valence-electron chi connectivity index (χ0n) is 16.9. The minimum atomic E-state index is -0.267. The minimum absolute atomic E-state index is 0.250. The van der Waals surface area contributed by atoms with E-state index in [0.29, 0.717) is 17.3 Å². The van der Waals surface area contributed by atoms with Gasteiger partial charge in [0.05, 0.1) is 11.4 Å². The molecule has 6 heteroatoms. The van der Waals surface area contributed by atoms with Crippen LogP contribution < -0.4 is 4.74 Å². The highest BCUT2D eigenvalue weighted by Crippen LogP contribution is 2.33. The van der Waals surface area contributed by atoms with E-state index in [9.17, 15) is 9.59 Å².